The Hall–Kier alpha value is -2.81. The van der Waals surface area contributed by atoms with Crippen molar-refractivity contribution < 1.29 is 13.2 Å². The lowest BCUT2D eigenvalue weighted by Crippen LogP contribution is -2.20. The van der Waals surface area contributed by atoms with Crippen LogP contribution in [0.4, 0.5) is 13.2 Å². The predicted molar refractivity (Wildman–Crippen MR) is 93.3 cm³/mol. The van der Waals surface area contributed by atoms with Gasteiger partial charge in [0.05, 0.1) is 5.70 Å². The van der Waals surface area contributed by atoms with Crippen LogP contribution in [-0.4, -0.2) is 5.71 Å². The topological polar surface area (TPSA) is 48.2 Å². The van der Waals surface area contributed by atoms with E-state index in [1.165, 1.54) is 19.1 Å². The fourth-order valence-electron chi connectivity index (χ4n) is 2.09. The summed E-state index contributed by atoms with van der Waals surface area (Å²) in [6, 6.07) is 4.94. The fraction of sp³-hybridized carbons (Fsp3) is 0.263. The van der Waals surface area contributed by atoms with Crippen molar-refractivity contribution in [3.63, 3.8) is 0 Å². The Labute approximate surface area is 145 Å². The molecule has 0 fully saturated rings. The smallest absolute Gasteiger partial charge is 0.159 e. The molecule has 0 saturated heterocycles. The highest BCUT2D eigenvalue weighted by molar-refractivity contribution is 6.07. The van der Waals surface area contributed by atoms with Gasteiger partial charge in [0, 0.05) is 6.04 Å². The highest BCUT2D eigenvalue weighted by atomic mass is 19.2. The minimum Gasteiger partial charge on any atom is -0.377 e. The van der Waals surface area contributed by atoms with Crippen LogP contribution in [0.2, 0.25) is 0 Å². The molecule has 0 heterocycles. The molecule has 0 aromatic heterocycles. The summed E-state index contributed by atoms with van der Waals surface area (Å²) in [5.74, 6) is -2.48. The van der Waals surface area contributed by atoms with E-state index in [-0.39, 0.29) is 11.4 Å². The van der Waals surface area contributed by atoms with Crippen LogP contribution in [0.3, 0.4) is 0 Å². The Morgan fingerprint density at radius 3 is 2.56 bits per heavy atom. The molecule has 25 heavy (non-hydrogen) atoms. The molecule has 132 valence electrons. The minimum absolute atomic E-state index is 0.0312. The van der Waals surface area contributed by atoms with Gasteiger partial charge in [-0.2, -0.15) is 5.26 Å². The first-order chi connectivity index (χ1) is 11.8. The second kappa shape index (κ2) is 9.48. The van der Waals surface area contributed by atoms with Crippen LogP contribution in [0.1, 0.15) is 38.8 Å². The van der Waals surface area contributed by atoms with Crippen LogP contribution in [0.15, 0.2) is 59.1 Å². The molecule has 1 rings (SSSR count). The second-order valence-corrected chi connectivity index (χ2v) is 5.26. The molecule has 0 bridgehead atoms. The highest BCUT2D eigenvalue weighted by Crippen LogP contribution is 2.22. The van der Waals surface area contributed by atoms with Crippen molar-refractivity contribution in [3.05, 3.63) is 71.3 Å². The number of nitriles is 1. The summed E-state index contributed by atoms with van der Waals surface area (Å²) in [5, 5.41) is 12.0. The largest absolute Gasteiger partial charge is 0.377 e. The summed E-state index contributed by atoms with van der Waals surface area (Å²) in [5.41, 5.74) is 0.781. The number of aliphatic imine (C=N–C) groups is 1. The van der Waals surface area contributed by atoms with E-state index in [2.05, 4.69) is 16.9 Å². The standard InChI is InChI=1S/C19H20F3N3/c1-5-7-18(19(12(3)20)25-15(6-2)11-23)24-13(4)14-8-9-16(21)17(22)10-14/h6-10,13,24H,2,5H2,1,3-4H3/b18-7+,19-12+,25-15?. The SMILES string of the molecule is C=CC(C#N)=NC(/C(=C\CC)NC(C)c1ccc(F)c(F)c1)=C(\C)F. The average Bonchev–Trinajstić information content (AvgIpc) is 2.57. The van der Waals surface area contributed by atoms with E-state index in [1.807, 2.05) is 13.0 Å². The molecular weight excluding hydrogens is 327 g/mol. The fourth-order valence-corrected chi connectivity index (χ4v) is 2.09. The molecule has 0 aliphatic rings. The molecule has 0 amide bonds. The van der Waals surface area contributed by atoms with Crippen LogP contribution < -0.4 is 5.32 Å². The molecule has 1 aromatic carbocycles. The van der Waals surface area contributed by atoms with Gasteiger partial charge in [0.15, 0.2) is 11.6 Å². The van der Waals surface area contributed by atoms with E-state index in [0.29, 0.717) is 17.7 Å². The minimum atomic E-state index is -0.957. The van der Waals surface area contributed by atoms with Crippen LogP contribution in [0.5, 0.6) is 0 Å². The summed E-state index contributed by atoms with van der Waals surface area (Å²) in [4.78, 5) is 3.99. The summed E-state index contributed by atoms with van der Waals surface area (Å²) >= 11 is 0. The van der Waals surface area contributed by atoms with Crippen molar-refractivity contribution >= 4 is 5.71 Å². The van der Waals surface area contributed by atoms with Crippen molar-refractivity contribution in [3.8, 4) is 6.07 Å². The van der Waals surface area contributed by atoms with Gasteiger partial charge in [0.2, 0.25) is 0 Å². The van der Waals surface area contributed by atoms with Crippen molar-refractivity contribution in [1.82, 2.24) is 5.32 Å². The third kappa shape index (κ3) is 5.64. The van der Waals surface area contributed by atoms with Gasteiger partial charge in [0.1, 0.15) is 23.3 Å². The Kier molecular flexibility index (Phi) is 7.67. The number of hydrogen-bond donors (Lipinski definition) is 1. The van der Waals surface area contributed by atoms with Crippen molar-refractivity contribution in [1.29, 1.82) is 5.26 Å². The maximum absolute atomic E-state index is 14.0. The molecule has 0 aliphatic heterocycles. The van der Waals surface area contributed by atoms with Gasteiger partial charge >= 0.3 is 0 Å². The number of halogens is 3. The molecule has 0 radical (unpaired) electrons. The van der Waals surface area contributed by atoms with Gasteiger partial charge in [0.25, 0.3) is 0 Å². The highest BCUT2D eigenvalue weighted by Gasteiger charge is 2.15. The molecular formula is C19H20F3N3. The molecule has 0 saturated carbocycles. The summed E-state index contributed by atoms with van der Waals surface area (Å²) in [6.45, 7) is 8.27. The van der Waals surface area contributed by atoms with Crippen LogP contribution in [-0.2, 0) is 0 Å². The lowest BCUT2D eigenvalue weighted by molar-refractivity contribution is 0.504. The second-order valence-electron chi connectivity index (χ2n) is 5.26. The Morgan fingerprint density at radius 2 is 2.08 bits per heavy atom. The van der Waals surface area contributed by atoms with Crippen LogP contribution in [0.25, 0.3) is 0 Å². The predicted octanol–water partition coefficient (Wildman–Crippen LogP) is 5.26. The van der Waals surface area contributed by atoms with Crippen LogP contribution in [0, 0.1) is 23.0 Å². The molecule has 1 aromatic rings. The zero-order chi connectivity index (χ0) is 19.0. The van der Waals surface area contributed by atoms with Gasteiger partial charge in [-0.1, -0.05) is 25.6 Å². The van der Waals surface area contributed by atoms with Crippen molar-refractivity contribution in [2.75, 3.05) is 0 Å². The van der Waals surface area contributed by atoms with Gasteiger partial charge in [-0.15, -0.1) is 0 Å². The third-order valence-corrected chi connectivity index (χ3v) is 3.35. The summed E-state index contributed by atoms with van der Waals surface area (Å²) < 4.78 is 40.5. The number of benzene rings is 1. The first-order valence-corrected chi connectivity index (χ1v) is 7.73. The summed E-state index contributed by atoms with van der Waals surface area (Å²) in [7, 11) is 0. The first-order valence-electron chi connectivity index (χ1n) is 7.73. The maximum atomic E-state index is 14.0. The molecule has 0 spiro atoms. The number of allylic oxidation sites excluding steroid dienone is 3. The number of rotatable bonds is 7. The lowest BCUT2D eigenvalue weighted by atomic mass is 10.1. The molecule has 3 nitrogen and oxygen atoms in total. The van der Waals surface area contributed by atoms with E-state index in [0.717, 1.165) is 12.1 Å². The maximum Gasteiger partial charge on any atom is 0.159 e. The Morgan fingerprint density at radius 1 is 1.40 bits per heavy atom. The Bertz CT molecular complexity index is 767. The van der Waals surface area contributed by atoms with E-state index in [4.69, 9.17) is 5.26 Å². The zero-order valence-corrected chi connectivity index (χ0v) is 14.4. The molecule has 1 atom stereocenters. The van der Waals surface area contributed by atoms with Crippen LogP contribution >= 0.6 is 0 Å². The van der Waals surface area contributed by atoms with Gasteiger partial charge in [-0.3, -0.25) is 0 Å². The van der Waals surface area contributed by atoms with Crippen molar-refractivity contribution in [2.24, 2.45) is 4.99 Å². The normalized spacial score (nSPS) is 14.4. The number of hydrogen-bond acceptors (Lipinski definition) is 3. The third-order valence-electron chi connectivity index (χ3n) is 3.35. The number of nitrogens with one attached hydrogen (secondary N) is 1. The quantitative estimate of drug-likeness (QED) is 0.540. The lowest BCUT2D eigenvalue weighted by Gasteiger charge is -2.19. The number of nitrogens with zero attached hydrogens (tertiary/aromatic N) is 2. The van der Waals surface area contributed by atoms with Crippen molar-refractivity contribution in [2.45, 2.75) is 33.2 Å². The first kappa shape index (κ1) is 20.2. The Balaban J connectivity index is 3.22. The van der Waals surface area contributed by atoms with E-state index < -0.39 is 23.5 Å². The molecule has 1 unspecified atom stereocenters. The average molecular weight is 347 g/mol. The molecule has 6 heteroatoms. The molecule has 1 N–H and O–H groups in total. The zero-order valence-electron chi connectivity index (χ0n) is 14.4. The van der Waals surface area contributed by atoms with E-state index >= 15 is 0 Å². The van der Waals surface area contributed by atoms with Gasteiger partial charge in [-0.25, -0.2) is 18.2 Å². The monoisotopic (exact) mass is 347 g/mol. The molecule has 0 aliphatic carbocycles. The summed E-state index contributed by atoms with van der Waals surface area (Å²) in [6.07, 6.45) is 3.51. The van der Waals surface area contributed by atoms with Gasteiger partial charge in [-0.05, 0) is 44.0 Å². The van der Waals surface area contributed by atoms with E-state index in [1.54, 1.807) is 13.0 Å². The van der Waals surface area contributed by atoms with E-state index in [9.17, 15) is 13.2 Å². The van der Waals surface area contributed by atoms with Gasteiger partial charge < -0.3 is 5.32 Å².